The lowest BCUT2D eigenvalue weighted by Gasteiger charge is -2.12. The Balaban J connectivity index is 1.68. The average molecular weight is 487 g/mol. The van der Waals surface area contributed by atoms with Crippen molar-refractivity contribution in [1.82, 2.24) is 14.7 Å². The Kier molecular flexibility index (Phi) is 6.45. The number of hydrogen-bond donors (Lipinski definition) is 2. The summed E-state index contributed by atoms with van der Waals surface area (Å²) in [5.74, 6) is -0.759. The Bertz CT molecular complexity index is 1490. The van der Waals surface area contributed by atoms with Crippen molar-refractivity contribution < 1.29 is 17.2 Å². The van der Waals surface area contributed by atoms with E-state index < -0.39 is 21.7 Å². The maximum atomic E-state index is 15.0. The fourth-order valence-electron chi connectivity index (χ4n) is 3.27. The summed E-state index contributed by atoms with van der Waals surface area (Å²) >= 11 is 1.34. The highest BCUT2D eigenvalue weighted by molar-refractivity contribution is 7.99. The van der Waals surface area contributed by atoms with Crippen LogP contribution in [0.25, 0.3) is 11.0 Å². The third-order valence-electron chi connectivity index (χ3n) is 4.97. The van der Waals surface area contributed by atoms with E-state index in [4.69, 9.17) is 4.42 Å². The number of benzene rings is 2. The van der Waals surface area contributed by atoms with Gasteiger partial charge in [0.2, 0.25) is 0 Å². The third-order valence-corrected chi connectivity index (χ3v) is 6.88. The van der Waals surface area contributed by atoms with Gasteiger partial charge < -0.3 is 4.42 Å². The largest absolute Gasteiger partial charge is 0.422 e. The van der Waals surface area contributed by atoms with Crippen LogP contribution in [0.4, 0.5) is 10.1 Å². The lowest BCUT2D eigenvalue weighted by Crippen LogP contribution is -2.27. The number of rotatable bonds is 7. The SMILES string of the molecule is CNS(=O)(=O)Nc1cccc(Cc2c(C)c3ccc(Sc4ncccn4)cc3oc2=O)c1F. The first kappa shape index (κ1) is 22.9. The fourth-order valence-corrected chi connectivity index (χ4v) is 4.56. The molecule has 2 heterocycles. The molecule has 0 atom stereocenters. The van der Waals surface area contributed by atoms with Crippen molar-refractivity contribution in [2.75, 3.05) is 11.8 Å². The Morgan fingerprint density at radius 3 is 2.61 bits per heavy atom. The van der Waals surface area contributed by atoms with E-state index in [0.717, 1.165) is 10.3 Å². The van der Waals surface area contributed by atoms with Crippen LogP contribution in [0, 0.1) is 12.7 Å². The maximum Gasteiger partial charge on any atom is 0.340 e. The van der Waals surface area contributed by atoms with E-state index in [2.05, 4.69) is 19.4 Å². The van der Waals surface area contributed by atoms with Crippen molar-refractivity contribution in [3.8, 4) is 0 Å². The topological polar surface area (TPSA) is 114 Å². The van der Waals surface area contributed by atoms with Crippen LogP contribution in [0.3, 0.4) is 0 Å². The van der Waals surface area contributed by atoms with E-state index in [1.807, 2.05) is 12.1 Å². The van der Waals surface area contributed by atoms with Gasteiger partial charge in [0, 0.05) is 41.7 Å². The Morgan fingerprint density at radius 1 is 1.12 bits per heavy atom. The number of hydrogen-bond acceptors (Lipinski definition) is 7. The number of fused-ring (bicyclic) bond motifs is 1. The van der Waals surface area contributed by atoms with E-state index in [1.54, 1.807) is 31.5 Å². The predicted molar refractivity (Wildman–Crippen MR) is 124 cm³/mol. The molecule has 0 saturated heterocycles. The van der Waals surface area contributed by atoms with Crippen LogP contribution in [0.1, 0.15) is 16.7 Å². The van der Waals surface area contributed by atoms with Gasteiger partial charge in [0.25, 0.3) is 10.2 Å². The molecule has 0 aliphatic rings. The highest BCUT2D eigenvalue weighted by Crippen LogP contribution is 2.30. The molecular weight excluding hydrogens is 467 g/mol. The molecular formula is C22H19FN4O4S2. The number of aromatic nitrogens is 2. The van der Waals surface area contributed by atoms with Gasteiger partial charge in [0.05, 0.1) is 5.69 Å². The lowest BCUT2D eigenvalue weighted by atomic mass is 9.99. The smallest absolute Gasteiger partial charge is 0.340 e. The summed E-state index contributed by atoms with van der Waals surface area (Å²) in [5, 5.41) is 1.28. The molecule has 0 radical (unpaired) electrons. The van der Waals surface area contributed by atoms with Crippen LogP contribution >= 0.6 is 11.8 Å². The van der Waals surface area contributed by atoms with Crippen LogP contribution in [0.5, 0.6) is 0 Å². The second-order valence-corrected chi connectivity index (χ2v) is 9.71. The average Bonchev–Trinajstić information content (AvgIpc) is 2.79. The number of nitrogens with one attached hydrogen (secondary N) is 2. The quantitative estimate of drug-likeness (QED) is 0.303. The number of anilines is 1. The van der Waals surface area contributed by atoms with E-state index >= 15 is 0 Å². The molecule has 0 bridgehead atoms. The van der Waals surface area contributed by atoms with Gasteiger partial charge in [0.15, 0.2) is 11.0 Å². The van der Waals surface area contributed by atoms with Gasteiger partial charge in [0.1, 0.15) is 5.58 Å². The van der Waals surface area contributed by atoms with E-state index in [1.165, 1.54) is 37.0 Å². The lowest BCUT2D eigenvalue weighted by molar-refractivity contribution is 0.548. The Hall–Kier alpha value is -3.28. The first-order valence-corrected chi connectivity index (χ1v) is 12.1. The molecule has 4 aromatic rings. The van der Waals surface area contributed by atoms with Crippen LogP contribution in [-0.4, -0.2) is 25.4 Å². The molecule has 0 unspecified atom stereocenters. The summed E-state index contributed by atoms with van der Waals surface area (Å²) in [6, 6.07) is 11.5. The molecule has 2 N–H and O–H groups in total. The molecule has 0 spiro atoms. The predicted octanol–water partition coefficient (Wildman–Crippen LogP) is 3.65. The number of aryl methyl sites for hydroxylation is 1. The van der Waals surface area contributed by atoms with E-state index in [-0.39, 0.29) is 17.7 Å². The van der Waals surface area contributed by atoms with Crippen molar-refractivity contribution in [1.29, 1.82) is 0 Å². The van der Waals surface area contributed by atoms with E-state index in [9.17, 15) is 17.6 Å². The first-order chi connectivity index (χ1) is 15.8. The van der Waals surface area contributed by atoms with Gasteiger partial charge in [-0.15, -0.1) is 0 Å². The third kappa shape index (κ3) is 5.05. The molecule has 0 saturated carbocycles. The molecule has 2 aromatic carbocycles. The molecule has 170 valence electrons. The fraction of sp³-hybridized carbons (Fsp3) is 0.136. The summed E-state index contributed by atoms with van der Waals surface area (Å²) in [5.41, 5.74) is 0.719. The zero-order valence-corrected chi connectivity index (χ0v) is 19.3. The summed E-state index contributed by atoms with van der Waals surface area (Å²) < 4.78 is 48.1. The Morgan fingerprint density at radius 2 is 1.88 bits per heavy atom. The van der Waals surface area contributed by atoms with Crippen LogP contribution in [0.15, 0.2) is 74.1 Å². The molecule has 33 heavy (non-hydrogen) atoms. The van der Waals surface area contributed by atoms with Crippen LogP contribution in [0.2, 0.25) is 0 Å². The minimum Gasteiger partial charge on any atom is -0.422 e. The van der Waals surface area contributed by atoms with Crippen LogP contribution < -0.4 is 15.1 Å². The van der Waals surface area contributed by atoms with Gasteiger partial charge in [-0.25, -0.2) is 23.9 Å². The van der Waals surface area contributed by atoms with Crippen molar-refractivity contribution >= 4 is 38.6 Å². The highest BCUT2D eigenvalue weighted by atomic mass is 32.2. The molecule has 11 heteroatoms. The van der Waals surface area contributed by atoms with Gasteiger partial charge in [-0.1, -0.05) is 12.1 Å². The summed E-state index contributed by atoms with van der Waals surface area (Å²) in [6.07, 6.45) is 3.23. The molecule has 8 nitrogen and oxygen atoms in total. The summed E-state index contributed by atoms with van der Waals surface area (Å²) in [7, 11) is -2.67. The standard InChI is InChI=1S/C22H19FN4O4S2/c1-13-16-8-7-15(32-22-25-9-4-10-26-22)12-19(16)31-21(28)17(13)11-14-5-3-6-18(20(14)23)27-33(29,30)24-2/h3-10,12,24,27H,11H2,1-2H3. The second-order valence-electron chi connectivity index (χ2n) is 7.05. The second kappa shape index (κ2) is 9.30. The highest BCUT2D eigenvalue weighted by Gasteiger charge is 2.18. The van der Waals surface area contributed by atoms with Crippen molar-refractivity contribution in [2.24, 2.45) is 0 Å². The zero-order valence-electron chi connectivity index (χ0n) is 17.6. The summed E-state index contributed by atoms with van der Waals surface area (Å²) in [4.78, 5) is 21.9. The molecule has 0 aliphatic carbocycles. The zero-order chi connectivity index (χ0) is 23.6. The van der Waals surface area contributed by atoms with Crippen LogP contribution in [-0.2, 0) is 16.6 Å². The number of nitrogens with zero attached hydrogens (tertiary/aromatic N) is 2. The summed E-state index contributed by atoms with van der Waals surface area (Å²) in [6.45, 7) is 1.77. The van der Waals surface area contributed by atoms with Crippen molar-refractivity contribution in [3.05, 3.63) is 87.8 Å². The molecule has 4 rings (SSSR count). The van der Waals surface area contributed by atoms with Gasteiger partial charge in [-0.3, -0.25) is 4.72 Å². The minimum absolute atomic E-state index is 0.0561. The molecule has 2 aromatic heterocycles. The number of halogens is 1. The maximum absolute atomic E-state index is 15.0. The van der Waals surface area contributed by atoms with Gasteiger partial charge in [-0.2, -0.15) is 8.42 Å². The minimum atomic E-state index is -3.89. The monoisotopic (exact) mass is 486 g/mol. The van der Waals surface area contributed by atoms with Crippen molar-refractivity contribution in [2.45, 2.75) is 23.4 Å². The molecule has 0 aliphatic heterocycles. The Labute approximate surface area is 193 Å². The molecule has 0 amide bonds. The van der Waals surface area contributed by atoms with Gasteiger partial charge in [-0.05, 0) is 60.1 Å². The van der Waals surface area contributed by atoms with Gasteiger partial charge >= 0.3 is 5.63 Å². The van der Waals surface area contributed by atoms with E-state index in [0.29, 0.717) is 21.9 Å². The van der Waals surface area contributed by atoms with Crippen molar-refractivity contribution in [3.63, 3.8) is 0 Å². The first-order valence-electron chi connectivity index (χ1n) is 9.77. The normalized spacial score (nSPS) is 11.6. The molecule has 0 fully saturated rings.